The van der Waals surface area contributed by atoms with Gasteiger partial charge < -0.3 is 15.8 Å². The van der Waals surface area contributed by atoms with E-state index in [-0.39, 0.29) is 16.3 Å². The Morgan fingerprint density at radius 3 is 2.18 bits per heavy atom. The Kier molecular flexibility index (Phi) is 5.82. The first-order valence-electron chi connectivity index (χ1n) is 6.72. The summed E-state index contributed by atoms with van der Waals surface area (Å²) in [5, 5.41) is 2.50. The van der Waals surface area contributed by atoms with E-state index < -0.39 is 17.5 Å². The monoisotopic (exact) mass is 320 g/mol. The summed E-state index contributed by atoms with van der Waals surface area (Å²) >= 11 is 5.12. The molecule has 0 saturated heterocycles. The molecule has 0 bridgehead atoms. The Hall–Kier alpha value is -2.21. The van der Waals surface area contributed by atoms with Crippen LogP contribution < -0.4 is 11.1 Å². The fourth-order valence-electron chi connectivity index (χ4n) is 1.59. The summed E-state index contributed by atoms with van der Waals surface area (Å²) in [6, 6.07) is 8.55. The summed E-state index contributed by atoms with van der Waals surface area (Å²) < 4.78 is 5.25. The predicted molar refractivity (Wildman–Crippen MR) is 89.2 cm³/mol. The van der Waals surface area contributed by atoms with Crippen molar-refractivity contribution in [2.75, 3.05) is 0 Å². The quantitative estimate of drug-likeness (QED) is 0.507. The highest BCUT2D eigenvalue weighted by atomic mass is 32.1. The van der Waals surface area contributed by atoms with Gasteiger partial charge in [0.05, 0.1) is 0 Å². The van der Waals surface area contributed by atoms with Crippen molar-refractivity contribution < 1.29 is 14.3 Å². The summed E-state index contributed by atoms with van der Waals surface area (Å²) in [4.78, 5) is 24.2. The second-order valence-electron chi connectivity index (χ2n) is 5.71. The molecule has 0 aliphatic carbocycles. The molecule has 1 aromatic rings. The topological polar surface area (TPSA) is 81.4 Å². The standard InChI is InChI=1S/C16H20N2O3S/c1-10(17)12(15(20)21-16(2,3)4)14(22)18-13(19)11-8-6-5-7-9-11/h5-9H,17H2,1-4H3,(H,18,19,22). The van der Waals surface area contributed by atoms with Crippen LogP contribution >= 0.6 is 12.2 Å². The summed E-state index contributed by atoms with van der Waals surface area (Å²) in [6.45, 7) is 6.74. The fraction of sp³-hybridized carbons (Fsp3) is 0.312. The SMILES string of the molecule is CC(N)=C(C(=O)OC(C)(C)C)C(=S)NC(=O)c1ccccc1. The molecule has 118 valence electrons. The van der Waals surface area contributed by atoms with Crippen LogP contribution in [0.2, 0.25) is 0 Å². The minimum atomic E-state index is -0.684. The van der Waals surface area contributed by atoms with Crippen LogP contribution in [0, 0.1) is 0 Å². The van der Waals surface area contributed by atoms with E-state index in [0.29, 0.717) is 5.56 Å². The van der Waals surface area contributed by atoms with Gasteiger partial charge in [0.2, 0.25) is 0 Å². The van der Waals surface area contributed by atoms with Gasteiger partial charge in [-0.3, -0.25) is 4.79 Å². The third-order valence-corrected chi connectivity index (χ3v) is 2.79. The lowest BCUT2D eigenvalue weighted by Crippen LogP contribution is -2.36. The Morgan fingerprint density at radius 1 is 1.18 bits per heavy atom. The van der Waals surface area contributed by atoms with Crippen molar-refractivity contribution >= 4 is 29.1 Å². The van der Waals surface area contributed by atoms with Gasteiger partial charge in [-0.1, -0.05) is 30.4 Å². The van der Waals surface area contributed by atoms with Crippen LogP contribution in [-0.2, 0) is 9.53 Å². The molecule has 1 amide bonds. The summed E-state index contributed by atoms with van der Waals surface area (Å²) in [5.41, 5.74) is 5.64. The first-order chi connectivity index (χ1) is 10.1. The summed E-state index contributed by atoms with van der Waals surface area (Å²) in [7, 11) is 0. The largest absolute Gasteiger partial charge is 0.456 e. The van der Waals surface area contributed by atoms with Crippen LogP contribution in [0.1, 0.15) is 38.1 Å². The Balaban J connectivity index is 2.91. The summed E-state index contributed by atoms with van der Waals surface area (Å²) in [6.07, 6.45) is 0. The van der Waals surface area contributed by atoms with Crippen molar-refractivity contribution in [1.29, 1.82) is 0 Å². The maximum Gasteiger partial charge on any atom is 0.343 e. The van der Waals surface area contributed by atoms with Gasteiger partial charge in [0.1, 0.15) is 16.2 Å². The first-order valence-corrected chi connectivity index (χ1v) is 7.13. The molecule has 0 aliphatic rings. The number of allylic oxidation sites excluding steroid dienone is 1. The third-order valence-electron chi connectivity index (χ3n) is 2.49. The van der Waals surface area contributed by atoms with Crippen molar-refractivity contribution in [2.45, 2.75) is 33.3 Å². The van der Waals surface area contributed by atoms with E-state index >= 15 is 0 Å². The van der Waals surface area contributed by atoms with Crippen molar-refractivity contribution in [3.63, 3.8) is 0 Å². The van der Waals surface area contributed by atoms with Gasteiger partial charge in [-0.05, 0) is 39.8 Å². The average molecular weight is 320 g/mol. The number of rotatable bonds is 3. The molecular formula is C16H20N2O3S. The highest BCUT2D eigenvalue weighted by Crippen LogP contribution is 2.13. The molecule has 0 fully saturated rings. The number of nitrogens with one attached hydrogen (secondary N) is 1. The van der Waals surface area contributed by atoms with Crippen molar-refractivity contribution in [2.24, 2.45) is 5.73 Å². The zero-order valence-corrected chi connectivity index (χ0v) is 13.9. The van der Waals surface area contributed by atoms with Crippen LogP contribution in [0.15, 0.2) is 41.6 Å². The Labute approximate surface area is 135 Å². The maximum atomic E-state index is 12.2. The minimum absolute atomic E-state index is 0.00536. The van der Waals surface area contributed by atoms with Gasteiger partial charge in [-0.2, -0.15) is 0 Å². The average Bonchev–Trinajstić information content (AvgIpc) is 2.36. The van der Waals surface area contributed by atoms with E-state index in [2.05, 4.69) is 5.32 Å². The number of esters is 1. The Bertz CT molecular complexity index is 612. The molecule has 5 nitrogen and oxygen atoms in total. The van der Waals surface area contributed by atoms with Gasteiger partial charge in [0, 0.05) is 11.3 Å². The van der Waals surface area contributed by atoms with Gasteiger partial charge >= 0.3 is 5.97 Å². The number of benzene rings is 1. The van der Waals surface area contributed by atoms with Gasteiger partial charge in [0.25, 0.3) is 5.91 Å². The van der Waals surface area contributed by atoms with E-state index in [1.165, 1.54) is 6.92 Å². The van der Waals surface area contributed by atoms with Gasteiger partial charge in [-0.25, -0.2) is 4.79 Å². The van der Waals surface area contributed by atoms with Gasteiger partial charge in [0.15, 0.2) is 0 Å². The number of carbonyl (C=O) groups excluding carboxylic acids is 2. The van der Waals surface area contributed by atoms with Crippen molar-refractivity contribution in [3.05, 3.63) is 47.2 Å². The van der Waals surface area contributed by atoms with Crippen LogP contribution in [0.5, 0.6) is 0 Å². The molecule has 0 saturated carbocycles. The van der Waals surface area contributed by atoms with Crippen LogP contribution in [0.4, 0.5) is 0 Å². The highest BCUT2D eigenvalue weighted by Gasteiger charge is 2.25. The van der Waals surface area contributed by atoms with E-state index in [9.17, 15) is 9.59 Å². The first kappa shape index (κ1) is 17.8. The lowest BCUT2D eigenvalue weighted by atomic mass is 10.1. The van der Waals surface area contributed by atoms with Crippen LogP contribution in [0.25, 0.3) is 0 Å². The molecule has 1 rings (SSSR count). The van der Waals surface area contributed by atoms with E-state index in [0.717, 1.165) is 0 Å². The zero-order chi connectivity index (χ0) is 16.9. The number of ether oxygens (including phenoxy) is 1. The predicted octanol–water partition coefficient (Wildman–Crippen LogP) is 2.32. The van der Waals surface area contributed by atoms with E-state index in [4.69, 9.17) is 22.7 Å². The molecule has 1 aromatic carbocycles. The van der Waals surface area contributed by atoms with Crippen LogP contribution in [-0.4, -0.2) is 22.5 Å². The third kappa shape index (κ3) is 5.29. The van der Waals surface area contributed by atoms with Gasteiger partial charge in [-0.15, -0.1) is 0 Å². The molecule has 3 N–H and O–H groups in total. The molecule has 0 atom stereocenters. The highest BCUT2D eigenvalue weighted by molar-refractivity contribution is 7.81. The smallest absolute Gasteiger partial charge is 0.343 e. The number of carbonyl (C=O) groups is 2. The maximum absolute atomic E-state index is 12.2. The van der Waals surface area contributed by atoms with Crippen LogP contribution in [0.3, 0.4) is 0 Å². The van der Waals surface area contributed by atoms with E-state index in [1.807, 2.05) is 0 Å². The van der Waals surface area contributed by atoms with Crippen molar-refractivity contribution in [3.8, 4) is 0 Å². The molecule has 0 spiro atoms. The second kappa shape index (κ2) is 7.17. The molecule has 6 heteroatoms. The molecule has 0 aliphatic heterocycles. The lowest BCUT2D eigenvalue weighted by molar-refractivity contribution is -0.149. The molecule has 0 heterocycles. The van der Waals surface area contributed by atoms with E-state index in [1.54, 1.807) is 51.1 Å². The van der Waals surface area contributed by atoms with Crippen molar-refractivity contribution in [1.82, 2.24) is 5.32 Å². The Morgan fingerprint density at radius 2 is 1.73 bits per heavy atom. The molecular weight excluding hydrogens is 300 g/mol. The lowest BCUT2D eigenvalue weighted by Gasteiger charge is -2.21. The molecule has 0 aromatic heterocycles. The molecule has 0 unspecified atom stereocenters. The second-order valence-corrected chi connectivity index (χ2v) is 6.12. The number of nitrogens with two attached hydrogens (primary N) is 1. The molecule has 22 heavy (non-hydrogen) atoms. The normalized spacial score (nSPS) is 12.2. The number of hydrogen-bond donors (Lipinski definition) is 2. The number of hydrogen-bond acceptors (Lipinski definition) is 5. The minimum Gasteiger partial charge on any atom is -0.456 e. The number of amides is 1. The zero-order valence-electron chi connectivity index (χ0n) is 13.1. The fourth-order valence-corrected chi connectivity index (χ4v) is 1.93. The number of thiocarbonyl (C=S) groups is 1. The molecule has 0 radical (unpaired) electrons. The summed E-state index contributed by atoms with van der Waals surface area (Å²) in [5.74, 6) is -1.07.